The third-order valence-electron chi connectivity index (χ3n) is 6.41. The van der Waals surface area contributed by atoms with E-state index < -0.39 is 39.1 Å². The number of carbonyl (C=O) groups excluding carboxylic acids is 3. The molecule has 0 radical (unpaired) electrons. The van der Waals surface area contributed by atoms with Gasteiger partial charge < -0.3 is 19.4 Å². The summed E-state index contributed by atoms with van der Waals surface area (Å²) in [4.78, 5) is 43.7. The first kappa shape index (κ1) is 30.1. The Balaban J connectivity index is 1.49. The lowest BCUT2D eigenvalue weighted by molar-refractivity contribution is -0.115. The Labute approximate surface area is 240 Å². The van der Waals surface area contributed by atoms with Gasteiger partial charge in [-0.25, -0.2) is 13.2 Å². The number of nitrogens with one attached hydrogen (secondary N) is 1. The number of ether oxygens (including phenoxy) is 2. The van der Waals surface area contributed by atoms with Gasteiger partial charge in [0.15, 0.2) is 14.6 Å². The summed E-state index contributed by atoms with van der Waals surface area (Å²) in [5, 5.41) is 2.88. The first-order valence-electron chi connectivity index (χ1n) is 13.2. The Morgan fingerprint density at radius 1 is 1.12 bits per heavy atom. The summed E-state index contributed by atoms with van der Waals surface area (Å²) in [5.41, 5.74) is 2.02. The molecular formula is C27H33N3O7S3. The molecule has 2 heterocycles. The predicted octanol–water partition coefficient (Wildman–Crippen LogP) is 3.58. The molecule has 3 aromatic rings. The third-order valence-corrected chi connectivity index (χ3v) is 10.0. The number of fused-ring (bicyclic) bond motifs is 2. The fraction of sp³-hybridized carbons (Fsp3) is 0.481. The number of anilines is 1. The number of hydrogen-bond donors (Lipinski definition) is 1. The molecule has 4 rings (SSSR count). The maximum Gasteiger partial charge on any atom is 0.341 e. The normalized spacial score (nSPS) is 15.7. The van der Waals surface area contributed by atoms with Crippen LogP contribution in [0.4, 0.5) is 5.00 Å². The van der Waals surface area contributed by atoms with E-state index in [0.717, 1.165) is 33.5 Å². The molecular weight excluding hydrogens is 575 g/mol. The fourth-order valence-electron chi connectivity index (χ4n) is 4.62. The Hall–Kier alpha value is -2.87. The van der Waals surface area contributed by atoms with E-state index in [1.54, 1.807) is 6.92 Å². The molecule has 1 aliphatic carbocycles. The van der Waals surface area contributed by atoms with Crippen molar-refractivity contribution in [3.05, 3.63) is 45.1 Å². The quantitative estimate of drug-likeness (QED) is 0.260. The highest BCUT2D eigenvalue weighted by Gasteiger charge is 2.30. The van der Waals surface area contributed by atoms with Crippen LogP contribution in [-0.2, 0) is 48.3 Å². The molecule has 2 aromatic heterocycles. The minimum absolute atomic E-state index is 0.179. The molecule has 13 heteroatoms. The number of aromatic nitrogens is 1. The average Bonchev–Trinajstić information content (AvgIpc) is 3.40. The van der Waals surface area contributed by atoms with Crippen LogP contribution in [-0.4, -0.2) is 62.1 Å². The van der Waals surface area contributed by atoms with Gasteiger partial charge in [-0.3, -0.25) is 9.59 Å². The van der Waals surface area contributed by atoms with Gasteiger partial charge in [0.25, 0.3) is 5.91 Å². The maximum absolute atomic E-state index is 12.8. The van der Waals surface area contributed by atoms with Crippen molar-refractivity contribution in [1.29, 1.82) is 0 Å². The summed E-state index contributed by atoms with van der Waals surface area (Å²) in [6, 6.07) is 7.54. The van der Waals surface area contributed by atoms with Gasteiger partial charge in [0.2, 0.25) is 5.91 Å². The molecule has 2 amide bonds. The lowest BCUT2D eigenvalue weighted by Gasteiger charge is -2.18. The van der Waals surface area contributed by atoms with Gasteiger partial charge in [0.05, 0.1) is 29.0 Å². The Bertz CT molecular complexity index is 1580. The lowest BCUT2D eigenvalue weighted by atomic mass is 9.88. The van der Waals surface area contributed by atoms with E-state index in [2.05, 4.69) is 17.2 Å². The number of amides is 2. The van der Waals surface area contributed by atoms with Crippen molar-refractivity contribution in [2.75, 3.05) is 36.6 Å². The largest absolute Gasteiger partial charge is 0.462 e. The summed E-state index contributed by atoms with van der Waals surface area (Å²) in [7, 11) is -4.13. The highest BCUT2D eigenvalue weighted by molar-refractivity contribution is 7.92. The number of benzene rings is 1. The highest BCUT2D eigenvalue weighted by Crippen LogP contribution is 2.40. The van der Waals surface area contributed by atoms with Crippen LogP contribution >= 0.6 is 22.7 Å². The summed E-state index contributed by atoms with van der Waals surface area (Å²) in [6.07, 6.45) is 2.38. The van der Waals surface area contributed by atoms with Crippen LogP contribution in [0, 0.1) is 5.92 Å². The van der Waals surface area contributed by atoms with Crippen LogP contribution in [0.1, 0.15) is 48.0 Å². The SMILES string of the molecule is CCOCCn1c(=NC(=O)CS(=O)(=O)CC(=O)Nc2sc3c(c2C(=O)OCC)CCC(C)C3)sc2ccccc21. The van der Waals surface area contributed by atoms with Crippen molar-refractivity contribution in [3.63, 3.8) is 0 Å². The standard InChI is InChI=1S/C27H33N3O7S3/c1-4-36-13-12-30-19-8-6-7-9-20(19)39-27(30)29-23(32)16-40(34,35)15-22(31)28-25-24(26(33)37-5-2)18-11-10-17(3)14-21(18)38-25/h6-9,17H,4-5,10-16H2,1-3H3,(H,28,31). The second kappa shape index (κ2) is 13.2. The predicted molar refractivity (Wildman–Crippen MR) is 156 cm³/mol. The topological polar surface area (TPSA) is 133 Å². The van der Waals surface area contributed by atoms with Crippen LogP contribution in [0.2, 0.25) is 0 Å². The number of sulfone groups is 1. The number of esters is 1. The molecule has 1 aliphatic rings. The van der Waals surface area contributed by atoms with E-state index in [1.807, 2.05) is 35.8 Å². The van der Waals surface area contributed by atoms with Crippen LogP contribution in [0.5, 0.6) is 0 Å². The van der Waals surface area contributed by atoms with Crippen molar-refractivity contribution in [2.45, 2.75) is 46.6 Å². The van der Waals surface area contributed by atoms with Crippen LogP contribution < -0.4 is 10.1 Å². The summed E-state index contributed by atoms with van der Waals surface area (Å²) in [6.45, 7) is 7.30. The summed E-state index contributed by atoms with van der Waals surface area (Å²) >= 11 is 2.55. The number of rotatable bonds is 11. The molecule has 1 atom stereocenters. The highest BCUT2D eigenvalue weighted by atomic mass is 32.2. The van der Waals surface area contributed by atoms with Gasteiger partial charge in [0.1, 0.15) is 16.5 Å². The molecule has 0 spiro atoms. The van der Waals surface area contributed by atoms with Crippen LogP contribution in [0.15, 0.2) is 29.3 Å². The number of para-hydroxylation sites is 1. The first-order chi connectivity index (χ1) is 19.1. The molecule has 216 valence electrons. The molecule has 1 aromatic carbocycles. The maximum atomic E-state index is 12.8. The number of hydrogen-bond acceptors (Lipinski definition) is 9. The first-order valence-corrected chi connectivity index (χ1v) is 16.6. The van der Waals surface area contributed by atoms with Crippen molar-refractivity contribution < 1.29 is 32.3 Å². The molecule has 10 nitrogen and oxygen atoms in total. The molecule has 0 fully saturated rings. The molecule has 0 bridgehead atoms. The zero-order valence-electron chi connectivity index (χ0n) is 22.7. The van der Waals surface area contributed by atoms with E-state index in [0.29, 0.717) is 42.5 Å². The zero-order valence-corrected chi connectivity index (χ0v) is 25.2. The van der Waals surface area contributed by atoms with E-state index in [9.17, 15) is 22.8 Å². The van der Waals surface area contributed by atoms with E-state index >= 15 is 0 Å². The third kappa shape index (κ3) is 7.25. The van der Waals surface area contributed by atoms with Crippen molar-refractivity contribution in [3.8, 4) is 0 Å². The fourth-order valence-corrected chi connectivity index (χ4v) is 8.12. The minimum atomic E-state index is -4.13. The second-order valence-electron chi connectivity index (χ2n) is 9.56. The van der Waals surface area contributed by atoms with Gasteiger partial charge in [-0.1, -0.05) is 30.4 Å². The van der Waals surface area contributed by atoms with E-state index in [-0.39, 0.29) is 11.6 Å². The van der Waals surface area contributed by atoms with Crippen molar-refractivity contribution in [1.82, 2.24) is 4.57 Å². The van der Waals surface area contributed by atoms with Gasteiger partial charge in [-0.15, -0.1) is 11.3 Å². The molecule has 0 saturated heterocycles. The average molecular weight is 608 g/mol. The molecule has 0 aliphatic heterocycles. The van der Waals surface area contributed by atoms with Crippen LogP contribution in [0.25, 0.3) is 10.2 Å². The van der Waals surface area contributed by atoms with Crippen molar-refractivity contribution in [2.24, 2.45) is 10.9 Å². The minimum Gasteiger partial charge on any atom is -0.462 e. The van der Waals surface area contributed by atoms with Gasteiger partial charge in [-0.05, 0) is 56.7 Å². The Morgan fingerprint density at radius 2 is 1.90 bits per heavy atom. The van der Waals surface area contributed by atoms with Gasteiger partial charge in [0, 0.05) is 18.0 Å². The number of thiophene rings is 1. The van der Waals surface area contributed by atoms with E-state index in [1.165, 1.54) is 22.7 Å². The summed E-state index contributed by atoms with van der Waals surface area (Å²) < 4.78 is 39.0. The van der Waals surface area contributed by atoms with E-state index in [4.69, 9.17) is 9.47 Å². The zero-order chi connectivity index (χ0) is 28.9. The Morgan fingerprint density at radius 3 is 2.65 bits per heavy atom. The summed E-state index contributed by atoms with van der Waals surface area (Å²) in [5.74, 6) is -3.60. The number of thiazole rings is 1. The monoisotopic (exact) mass is 607 g/mol. The van der Waals surface area contributed by atoms with Crippen molar-refractivity contribution >= 4 is 65.5 Å². The molecule has 1 unspecified atom stereocenters. The molecule has 40 heavy (non-hydrogen) atoms. The Kier molecular flexibility index (Phi) is 9.93. The van der Waals surface area contributed by atoms with Crippen LogP contribution in [0.3, 0.4) is 0 Å². The molecule has 0 saturated carbocycles. The number of carbonyl (C=O) groups is 3. The smallest absolute Gasteiger partial charge is 0.341 e. The van der Waals surface area contributed by atoms with Gasteiger partial charge >= 0.3 is 5.97 Å². The van der Waals surface area contributed by atoms with Gasteiger partial charge in [-0.2, -0.15) is 4.99 Å². The molecule has 1 N–H and O–H groups in total. The lowest BCUT2D eigenvalue weighted by Crippen LogP contribution is -2.28. The number of nitrogens with zero attached hydrogens (tertiary/aromatic N) is 2. The second-order valence-corrected chi connectivity index (χ2v) is 13.7.